The van der Waals surface area contributed by atoms with Crippen molar-refractivity contribution in [3.63, 3.8) is 0 Å². The monoisotopic (exact) mass is 288 g/mol. The van der Waals surface area contributed by atoms with E-state index in [4.69, 9.17) is 0 Å². The number of hydrogen-bond donors (Lipinski definition) is 0. The van der Waals surface area contributed by atoms with Gasteiger partial charge in [0.1, 0.15) is 0 Å². The van der Waals surface area contributed by atoms with E-state index < -0.39 is 0 Å². The first-order valence-corrected chi connectivity index (χ1v) is 10.3. The molecule has 0 nitrogen and oxygen atoms in total. The Balaban J connectivity index is 1.38. The maximum Gasteiger partial charge on any atom is -0.0354 e. The average Bonchev–Trinajstić information content (AvgIpc) is 2.92. The summed E-state index contributed by atoms with van der Waals surface area (Å²) in [7, 11) is 0. The van der Waals surface area contributed by atoms with Crippen molar-refractivity contribution < 1.29 is 0 Å². The molecule has 4 aliphatic carbocycles. The molecule has 0 heterocycles. The molecule has 120 valence electrons. The van der Waals surface area contributed by atoms with Gasteiger partial charge in [0.05, 0.1) is 0 Å². The Morgan fingerprint density at radius 2 is 1.29 bits per heavy atom. The van der Waals surface area contributed by atoms with Gasteiger partial charge in [0.2, 0.25) is 0 Å². The van der Waals surface area contributed by atoms with Crippen molar-refractivity contribution in [3.8, 4) is 0 Å². The minimum absolute atomic E-state index is 1.04. The van der Waals surface area contributed by atoms with Gasteiger partial charge >= 0.3 is 0 Å². The molecule has 0 heteroatoms. The van der Waals surface area contributed by atoms with Crippen LogP contribution in [0.3, 0.4) is 0 Å². The molecule has 0 radical (unpaired) electrons. The van der Waals surface area contributed by atoms with Crippen LogP contribution in [0.1, 0.15) is 90.4 Å². The third-order valence-electron chi connectivity index (χ3n) is 8.34. The predicted octanol–water partition coefficient (Wildman–Crippen LogP) is 6.45. The second kappa shape index (κ2) is 6.25. The molecule has 21 heavy (non-hydrogen) atoms. The number of rotatable bonds is 2. The van der Waals surface area contributed by atoms with Gasteiger partial charge in [-0.3, -0.25) is 0 Å². The van der Waals surface area contributed by atoms with E-state index in [1.165, 1.54) is 19.3 Å². The third-order valence-corrected chi connectivity index (χ3v) is 8.34. The van der Waals surface area contributed by atoms with Crippen molar-refractivity contribution in [3.05, 3.63) is 0 Å². The summed E-state index contributed by atoms with van der Waals surface area (Å²) in [6.45, 7) is 2.63. The molecule has 6 atom stereocenters. The van der Waals surface area contributed by atoms with E-state index in [9.17, 15) is 0 Å². The van der Waals surface area contributed by atoms with Crippen LogP contribution in [-0.4, -0.2) is 0 Å². The zero-order valence-electron chi connectivity index (χ0n) is 14.2. The van der Waals surface area contributed by atoms with Gasteiger partial charge in [0.15, 0.2) is 0 Å². The Bertz CT molecular complexity index is 340. The third kappa shape index (κ3) is 2.81. The van der Waals surface area contributed by atoms with Crippen LogP contribution < -0.4 is 0 Å². The lowest BCUT2D eigenvalue weighted by atomic mass is 9.65. The van der Waals surface area contributed by atoms with Gasteiger partial charge < -0.3 is 0 Å². The van der Waals surface area contributed by atoms with Crippen molar-refractivity contribution in [1.82, 2.24) is 0 Å². The second-order valence-corrected chi connectivity index (χ2v) is 9.20. The van der Waals surface area contributed by atoms with E-state index in [2.05, 4.69) is 6.92 Å². The van der Waals surface area contributed by atoms with Gasteiger partial charge in [-0.1, -0.05) is 58.3 Å². The Morgan fingerprint density at radius 3 is 2.14 bits per heavy atom. The highest BCUT2D eigenvalue weighted by Crippen LogP contribution is 2.56. The van der Waals surface area contributed by atoms with Crippen LogP contribution in [0.15, 0.2) is 0 Å². The number of fused-ring (bicyclic) bond motifs is 3. The lowest BCUT2D eigenvalue weighted by Gasteiger charge is -2.41. The summed E-state index contributed by atoms with van der Waals surface area (Å²) < 4.78 is 0. The molecule has 0 aliphatic heterocycles. The minimum Gasteiger partial charge on any atom is -0.0620 e. The maximum atomic E-state index is 2.63. The van der Waals surface area contributed by atoms with Crippen molar-refractivity contribution in [2.75, 3.05) is 0 Å². The molecule has 0 spiro atoms. The standard InChI is InChI=1S/C21H36/c1-15(16-7-3-2-4-8-16)17-11-12-21-19(13-17)14-18-9-5-6-10-20(18)21/h15-21H,2-14H2,1H3. The quantitative estimate of drug-likeness (QED) is 0.548. The van der Waals surface area contributed by atoms with E-state index in [1.54, 1.807) is 64.2 Å². The SMILES string of the molecule is CC(C1CCCCC1)C1CCC2C(C1)CC1CCCCC12. The van der Waals surface area contributed by atoms with Crippen molar-refractivity contribution in [1.29, 1.82) is 0 Å². The molecule has 0 amide bonds. The van der Waals surface area contributed by atoms with Gasteiger partial charge in [-0.2, -0.15) is 0 Å². The fraction of sp³-hybridized carbons (Fsp3) is 1.00. The summed E-state index contributed by atoms with van der Waals surface area (Å²) in [4.78, 5) is 0. The molecular weight excluding hydrogens is 252 g/mol. The fourth-order valence-electron chi connectivity index (χ4n) is 7.16. The molecule has 4 saturated carbocycles. The summed E-state index contributed by atoms with van der Waals surface area (Å²) in [6.07, 6.45) is 20.4. The lowest BCUT2D eigenvalue weighted by Crippen LogP contribution is -2.31. The highest BCUT2D eigenvalue weighted by molar-refractivity contribution is 4.97. The van der Waals surface area contributed by atoms with Gasteiger partial charge in [-0.15, -0.1) is 0 Å². The van der Waals surface area contributed by atoms with Gasteiger partial charge in [0, 0.05) is 0 Å². The van der Waals surface area contributed by atoms with Gasteiger partial charge in [-0.25, -0.2) is 0 Å². The maximum absolute atomic E-state index is 2.63. The number of hydrogen-bond acceptors (Lipinski definition) is 0. The predicted molar refractivity (Wildman–Crippen MR) is 90.1 cm³/mol. The van der Waals surface area contributed by atoms with Crippen LogP contribution in [0.2, 0.25) is 0 Å². The molecule has 4 fully saturated rings. The Labute approximate surface area is 132 Å². The molecular formula is C21H36. The van der Waals surface area contributed by atoms with Crippen LogP contribution in [0, 0.1) is 41.4 Å². The topological polar surface area (TPSA) is 0 Å². The minimum atomic E-state index is 1.04. The summed E-state index contributed by atoms with van der Waals surface area (Å²) in [5.74, 6) is 7.83. The van der Waals surface area contributed by atoms with Crippen molar-refractivity contribution >= 4 is 0 Å². The van der Waals surface area contributed by atoms with Gasteiger partial charge in [-0.05, 0) is 73.5 Å². The van der Waals surface area contributed by atoms with Crippen LogP contribution in [0.5, 0.6) is 0 Å². The highest BCUT2D eigenvalue weighted by atomic mass is 14.5. The van der Waals surface area contributed by atoms with Crippen LogP contribution in [-0.2, 0) is 0 Å². The van der Waals surface area contributed by atoms with Crippen molar-refractivity contribution in [2.45, 2.75) is 90.4 Å². The first kappa shape index (κ1) is 14.6. The van der Waals surface area contributed by atoms with Gasteiger partial charge in [0.25, 0.3) is 0 Å². The smallest absolute Gasteiger partial charge is 0.0354 e. The van der Waals surface area contributed by atoms with Crippen LogP contribution in [0.4, 0.5) is 0 Å². The fourth-order valence-corrected chi connectivity index (χ4v) is 7.16. The first-order chi connectivity index (χ1) is 10.3. The lowest BCUT2D eigenvalue weighted by molar-refractivity contribution is 0.0940. The Morgan fingerprint density at radius 1 is 0.571 bits per heavy atom. The van der Waals surface area contributed by atoms with E-state index in [0.29, 0.717) is 0 Å². The average molecular weight is 289 g/mol. The highest BCUT2D eigenvalue weighted by Gasteiger charge is 2.47. The second-order valence-electron chi connectivity index (χ2n) is 9.20. The zero-order chi connectivity index (χ0) is 14.2. The molecule has 4 aliphatic rings. The Kier molecular flexibility index (Phi) is 4.34. The van der Waals surface area contributed by atoms with E-state index in [1.807, 2.05) is 0 Å². The molecule has 0 saturated heterocycles. The summed E-state index contributed by atoms with van der Waals surface area (Å²) in [5.41, 5.74) is 0. The molecule has 0 aromatic rings. The van der Waals surface area contributed by atoms with E-state index in [-0.39, 0.29) is 0 Å². The summed E-state index contributed by atoms with van der Waals surface area (Å²) in [6, 6.07) is 0. The normalized spacial score (nSPS) is 45.9. The zero-order valence-corrected chi connectivity index (χ0v) is 14.2. The Hall–Kier alpha value is 0. The molecule has 0 N–H and O–H groups in total. The molecule has 0 aromatic carbocycles. The van der Waals surface area contributed by atoms with Crippen LogP contribution >= 0.6 is 0 Å². The molecule has 4 rings (SSSR count). The summed E-state index contributed by atoms with van der Waals surface area (Å²) in [5, 5.41) is 0. The summed E-state index contributed by atoms with van der Waals surface area (Å²) >= 11 is 0. The van der Waals surface area contributed by atoms with Crippen molar-refractivity contribution in [2.24, 2.45) is 41.4 Å². The largest absolute Gasteiger partial charge is 0.0620 e. The molecule has 0 aromatic heterocycles. The van der Waals surface area contributed by atoms with E-state index >= 15 is 0 Å². The molecule has 6 unspecified atom stereocenters. The van der Waals surface area contributed by atoms with E-state index in [0.717, 1.165) is 41.4 Å². The first-order valence-electron chi connectivity index (χ1n) is 10.3. The molecule has 0 bridgehead atoms. The van der Waals surface area contributed by atoms with Crippen LogP contribution in [0.25, 0.3) is 0 Å².